The largest absolute Gasteiger partial charge is 0.419 e. The Hall–Kier alpha value is -2.83. The maximum Gasteiger partial charge on any atom is 0.419 e. The van der Waals surface area contributed by atoms with Gasteiger partial charge in [0.15, 0.2) is 0 Å². The number of halogens is 4. The number of hydrogen-bond donors (Lipinski definition) is 2. The highest BCUT2D eigenvalue weighted by Gasteiger charge is 2.37. The first-order valence-electron chi connectivity index (χ1n) is 13.4. The summed E-state index contributed by atoms with van der Waals surface area (Å²) >= 11 is 0. The van der Waals surface area contributed by atoms with Gasteiger partial charge < -0.3 is 24.9 Å². The van der Waals surface area contributed by atoms with Gasteiger partial charge in [0.05, 0.1) is 29.4 Å². The maximum absolute atomic E-state index is 14.5. The number of benzene rings is 1. The monoisotopic (exact) mass is 551 g/mol. The van der Waals surface area contributed by atoms with E-state index in [1.807, 2.05) is 11.8 Å². The lowest BCUT2D eigenvalue weighted by Crippen LogP contribution is -2.52. The summed E-state index contributed by atoms with van der Waals surface area (Å²) in [5.41, 5.74) is 0.414. The molecule has 1 aliphatic carbocycles. The molecule has 3 aliphatic rings. The van der Waals surface area contributed by atoms with Crippen LogP contribution in [0.2, 0.25) is 0 Å². The fourth-order valence-corrected chi connectivity index (χ4v) is 5.98. The van der Waals surface area contributed by atoms with Crippen molar-refractivity contribution in [1.29, 1.82) is 0 Å². The molecule has 1 amide bonds. The van der Waals surface area contributed by atoms with Crippen LogP contribution in [-0.2, 0) is 11.0 Å². The number of nitrogens with zero attached hydrogens (tertiary/aromatic N) is 5. The molecule has 2 aliphatic heterocycles. The van der Waals surface area contributed by atoms with Gasteiger partial charge in [-0.25, -0.2) is 14.4 Å². The molecule has 1 aromatic carbocycles. The minimum Gasteiger partial charge on any atom is -0.393 e. The lowest BCUT2D eigenvalue weighted by Gasteiger charge is -2.39. The van der Waals surface area contributed by atoms with Gasteiger partial charge in [0.25, 0.3) is 0 Å². The Kier molecular flexibility index (Phi) is 7.80. The van der Waals surface area contributed by atoms with Crippen LogP contribution in [0.25, 0.3) is 0 Å². The molecule has 3 atom stereocenters. The molecule has 212 valence electrons. The number of carbonyl (C=O) groups is 1. The number of aliphatic hydroxyl groups is 2. The van der Waals surface area contributed by atoms with Gasteiger partial charge in [0.2, 0.25) is 5.91 Å². The van der Waals surface area contributed by atoms with Gasteiger partial charge in [-0.3, -0.25) is 4.79 Å². The van der Waals surface area contributed by atoms with E-state index in [-0.39, 0.29) is 23.9 Å². The zero-order valence-corrected chi connectivity index (χ0v) is 21.7. The summed E-state index contributed by atoms with van der Waals surface area (Å²) in [7, 11) is 0. The second-order valence-corrected chi connectivity index (χ2v) is 10.8. The topological polar surface area (TPSA) is 93.0 Å². The average Bonchev–Trinajstić information content (AvgIpc) is 3.20. The van der Waals surface area contributed by atoms with E-state index in [4.69, 9.17) is 0 Å². The summed E-state index contributed by atoms with van der Waals surface area (Å²) in [6.07, 6.45) is -2.76. The molecule has 0 saturated carbocycles. The van der Waals surface area contributed by atoms with Crippen molar-refractivity contribution in [2.24, 2.45) is 0 Å². The third-order valence-electron chi connectivity index (χ3n) is 8.17. The quantitative estimate of drug-likeness (QED) is 0.552. The first-order valence-corrected chi connectivity index (χ1v) is 13.4. The summed E-state index contributed by atoms with van der Waals surface area (Å²) in [4.78, 5) is 28.3. The number of anilines is 1. The number of amides is 1. The predicted octanol–water partition coefficient (Wildman–Crippen LogP) is 3.06. The van der Waals surface area contributed by atoms with Crippen LogP contribution in [-0.4, -0.2) is 87.8 Å². The summed E-state index contributed by atoms with van der Waals surface area (Å²) in [6, 6.07) is 2.73. The summed E-state index contributed by atoms with van der Waals surface area (Å²) in [5, 5.41) is 20.2. The summed E-state index contributed by atoms with van der Waals surface area (Å²) in [6.45, 7) is 5.06. The van der Waals surface area contributed by atoms with Crippen molar-refractivity contribution in [1.82, 2.24) is 19.8 Å². The van der Waals surface area contributed by atoms with Crippen molar-refractivity contribution in [3.63, 3.8) is 0 Å². The lowest BCUT2D eigenvalue weighted by molar-refractivity contribution is -0.140. The molecule has 0 spiro atoms. The Bertz CT molecular complexity index is 1200. The second-order valence-electron chi connectivity index (χ2n) is 10.8. The molecule has 3 heterocycles. The third-order valence-corrected chi connectivity index (χ3v) is 8.17. The van der Waals surface area contributed by atoms with Crippen molar-refractivity contribution in [3.05, 3.63) is 52.7 Å². The van der Waals surface area contributed by atoms with Gasteiger partial charge in [-0.05, 0) is 42.9 Å². The summed E-state index contributed by atoms with van der Waals surface area (Å²) < 4.78 is 54.0. The van der Waals surface area contributed by atoms with E-state index >= 15 is 0 Å². The maximum atomic E-state index is 14.5. The van der Waals surface area contributed by atoms with Crippen LogP contribution in [0.5, 0.6) is 0 Å². The smallest absolute Gasteiger partial charge is 0.393 e. The van der Waals surface area contributed by atoms with E-state index in [0.29, 0.717) is 70.3 Å². The number of aromatic nitrogens is 2. The first kappa shape index (κ1) is 27.7. The second kappa shape index (κ2) is 11.0. The fourth-order valence-electron chi connectivity index (χ4n) is 5.98. The molecule has 12 heteroatoms. The van der Waals surface area contributed by atoms with Crippen LogP contribution in [0.15, 0.2) is 24.5 Å². The van der Waals surface area contributed by atoms with Crippen molar-refractivity contribution >= 4 is 11.7 Å². The molecular formula is C27H33F4N5O3. The standard InChI is InChI=1S/C27H33F4N5O3/c1-16-12-22(38)24-23(16)25(33-15-32-24)35-8-10-36(11-9-35)26(39)19(14-34-6-4-18(37)5-7-34)17-2-3-20(21(28)13-17)27(29,30)31/h2-3,13,15-16,18-19,22,37-38H,4-12,14H2,1H3/t16-,19?,22-/m1/s1. The van der Waals surface area contributed by atoms with Gasteiger partial charge in [-0.1, -0.05) is 13.0 Å². The van der Waals surface area contributed by atoms with E-state index < -0.39 is 35.7 Å². The Morgan fingerprint density at radius 1 is 1.08 bits per heavy atom. The minimum atomic E-state index is -4.82. The predicted molar refractivity (Wildman–Crippen MR) is 135 cm³/mol. The molecule has 1 aromatic heterocycles. The molecule has 39 heavy (non-hydrogen) atoms. The molecule has 2 aromatic rings. The van der Waals surface area contributed by atoms with Crippen molar-refractivity contribution < 1.29 is 32.6 Å². The first-order chi connectivity index (χ1) is 18.5. The molecule has 5 rings (SSSR count). The number of piperazine rings is 1. The number of hydrogen-bond acceptors (Lipinski definition) is 7. The van der Waals surface area contributed by atoms with Crippen LogP contribution in [0, 0.1) is 5.82 Å². The Balaban J connectivity index is 1.34. The third kappa shape index (κ3) is 5.73. The zero-order chi connectivity index (χ0) is 27.9. The summed E-state index contributed by atoms with van der Waals surface area (Å²) in [5.74, 6) is -1.65. The van der Waals surface area contributed by atoms with Crippen LogP contribution in [0.4, 0.5) is 23.4 Å². The van der Waals surface area contributed by atoms with Gasteiger partial charge in [-0.15, -0.1) is 0 Å². The Morgan fingerprint density at radius 2 is 1.77 bits per heavy atom. The highest BCUT2D eigenvalue weighted by Crippen LogP contribution is 2.43. The molecule has 0 bridgehead atoms. The normalized spacial score (nSPS) is 23.7. The van der Waals surface area contributed by atoms with Gasteiger partial charge in [-0.2, -0.15) is 13.2 Å². The SMILES string of the molecule is C[C@@H]1C[C@@H](O)c2ncnc(N3CCN(C(=O)C(CN4CCC(O)CC4)c4ccc(C(F)(F)F)c(F)c4)CC3)c21. The average molecular weight is 552 g/mol. The highest BCUT2D eigenvalue weighted by molar-refractivity contribution is 5.84. The number of carbonyl (C=O) groups excluding carboxylic acids is 1. The molecule has 1 unspecified atom stereocenters. The molecule has 2 fully saturated rings. The Labute approximate surface area is 224 Å². The van der Waals surface area contributed by atoms with Crippen molar-refractivity contribution in [3.8, 4) is 0 Å². The van der Waals surface area contributed by atoms with E-state index in [9.17, 15) is 32.6 Å². The number of rotatable bonds is 5. The lowest BCUT2D eigenvalue weighted by atomic mass is 9.94. The van der Waals surface area contributed by atoms with Gasteiger partial charge in [0.1, 0.15) is 18.0 Å². The van der Waals surface area contributed by atoms with Crippen LogP contribution in [0.1, 0.15) is 66.5 Å². The van der Waals surface area contributed by atoms with Crippen molar-refractivity contribution in [2.45, 2.75) is 56.4 Å². The van der Waals surface area contributed by atoms with E-state index in [0.717, 1.165) is 17.4 Å². The molecule has 8 nitrogen and oxygen atoms in total. The molecule has 0 radical (unpaired) electrons. The minimum absolute atomic E-state index is 0.105. The van der Waals surface area contributed by atoms with E-state index in [1.54, 1.807) is 4.90 Å². The Morgan fingerprint density at radius 3 is 2.41 bits per heavy atom. The fraction of sp³-hybridized carbons (Fsp3) is 0.593. The number of aliphatic hydroxyl groups excluding tert-OH is 2. The highest BCUT2D eigenvalue weighted by atomic mass is 19.4. The van der Waals surface area contributed by atoms with Crippen LogP contribution < -0.4 is 4.90 Å². The number of likely N-dealkylation sites (tertiary alicyclic amines) is 1. The van der Waals surface area contributed by atoms with E-state index in [1.165, 1.54) is 12.4 Å². The number of piperidine rings is 1. The zero-order valence-electron chi connectivity index (χ0n) is 21.7. The van der Waals surface area contributed by atoms with Crippen LogP contribution in [0.3, 0.4) is 0 Å². The van der Waals surface area contributed by atoms with Crippen molar-refractivity contribution in [2.75, 3.05) is 50.7 Å². The number of fused-ring (bicyclic) bond motifs is 1. The molecule has 2 N–H and O–H groups in total. The van der Waals surface area contributed by atoms with E-state index in [2.05, 4.69) is 14.9 Å². The van der Waals surface area contributed by atoms with Gasteiger partial charge in [0, 0.05) is 51.4 Å². The van der Waals surface area contributed by atoms with Gasteiger partial charge >= 0.3 is 6.18 Å². The van der Waals surface area contributed by atoms with Crippen LogP contribution >= 0.6 is 0 Å². The number of alkyl halides is 3. The molecule has 2 saturated heterocycles. The molecular weight excluding hydrogens is 518 g/mol.